The molecule has 0 aromatic carbocycles. The Morgan fingerprint density at radius 1 is 1.32 bits per heavy atom. The molecule has 0 bridgehead atoms. The van der Waals surface area contributed by atoms with Gasteiger partial charge >= 0.3 is 0 Å². The van der Waals surface area contributed by atoms with Crippen molar-refractivity contribution >= 4 is 5.91 Å². The normalized spacial score (nSPS) is 26.6. The third-order valence-electron chi connectivity index (χ3n) is 4.42. The van der Waals surface area contributed by atoms with Gasteiger partial charge in [-0.2, -0.15) is 0 Å². The number of rotatable bonds is 1. The molecule has 0 radical (unpaired) electrons. The van der Waals surface area contributed by atoms with Gasteiger partial charge in [-0.05, 0) is 49.7 Å². The van der Waals surface area contributed by atoms with E-state index in [1.165, 1.54) is 12.8 Å². The van der Waals surface area contributed by atoms with Gasteiger partial charge in [-0.3, -0.25) is 9.78 Å². The van der Waals surface area contributed by atoms with Gasteiger partial charge in [-0.25, -0.2) is 0 Å². The highest BCUT2D eigenvalue weighted by molar-refractivity contribution is 5.93. The summed E-state index contributed by atoms with van der Waals surface area (Å²) >= 11 is 0. The molecule has 1 aromatic heterocycles. The molecule has 100 valence electrons. The van der Waals surface area contributed by atoms with E-state index in [9.17, 15) is 4.79 Å². The molecule has 1 aromatic rings. The van der Waals surface area contributed by atoms with Gasteiger partial charge in [-0.1, -0.05) is 12.2 Å². The maximum absolute atomic E-state index is 12.5. The fourth-order valence-corrected chi connectivity index (χ4v) is 3.37. The highest BCUT2D eigenvalue weighted by Crippen LogP contribution is 2.40. The van der Waals surface area contributed by atoms with Gasteiger partial charge in [0, 0.05) is 25.5 Å². The van der Waals surface area contributed by atoms with Crippen LogP contribution in [0.1, 0.15) is 42.5 Å². The molecular formula is C16H20N2O. The van der Waals surface area contributed by atoms with Crippen LogP contribution in [0.4, 0.5) is 0 Å². The van der Waals surface area contributed by atoms with Gasteiger partial charge in [0.15, 0.2) is 0 Å². The molecule has 1 saturated heterocycles. The molecule has 1 aliphatic heterocycles. The van der Waals surface area contributed by atoms with Crippen LogP contribution in [0.5, 0.6) is 0 Å². The van der Waals surface area contributed by atoms with Crippen molar-refractivity contribution in [2.75, 3.05) is 13.1 Å². The van der Waals surface area contributed by atoms with E-state index in [0.717, 1.165) is 32.4 Å². The summed E-state index contributed by atoms with van der Waals surface area (Å²) < 4.78 is 0. The minimum absolute atomic E-state index is 0.140. The summed E-state index contributed by atoms with van der Waals surface area (Å²) in [5.41, 5.74) is 1.05. The number of piperidine rings is 1. The lowest BCUT2D eigenvalue weighted by Crippen LogP contribution is -2.46. The summed E-state index contributed by atoms with van der Waals surface area (Å²) in [5, 5.41) is 0. The minimum atomic E-state index is 0.140. The van der Waals surface area contributed by atoms with E-state index in [1.807, 2.05) is 17.0 Å². The van der Waals surface area contributed by atoms with Crippen LogP contribution in [0.3, 0.4) is 0 Å². The summed E-state index contributed by atoms with van der Waals surface area (Å²) in [6.45, 7) is 1.80. The Kier molecular flexibility index (Phi) is 3.36. The van der Waals surface area contributed by atoms with Crippen molar-refractivity contribution in [1.29, 1.82) is 0 Å². The Bertz CT molecular complexity index is 483. The molecule has 3 heteroatoms. The van der Waals surface area contributed by atoms with Gasteiger partial charge in [0.2, 0.25) is 0 Å². The quantitative estimate of drug-likeness (QED) is 0.724. The fraction of sp³-hybridized carbons (Fsp3) is 0.500. The van der Waals surface area contributed by atoms with Crippen LogP contribution in [0, 0.1) is 5.41 Å². The topological polar surface area (TPSA) is 33.2 Å². The summed E-state index contributed by atoms with van der Waals surface area (Å²) in [6, 6.07) is 3.69. The summed E-state index contributed by atoms with van der Waals surface area (Å²) in [5.74, 6) is 0.140. The molecule has 1 aliphatic carbocycles. The first kappa shape index (κ1) is 12.4. The molecule has 1 spiro atoms. The Hall–Kier alpha value is -1.64. The number of amides is 1. The van der Waals surface area contributed by atoms with Gasteiger partial charge in [-0.15, -0.1) is 0 Å². The number of likely N-dealkylation sites (tertiary alicyclic amines) is 1. The fourth-order valence-electron chi connectivity index (χ4n) is 3.37. The van der Waals surface area contributed by atoms with Crippen LogP contribution in [0.2, 0.25) is 0 Å². The lowest BCUT2D eigenvalue weighted by atomic mass is 9.71. The van der Waals surface area contributed by atoms with Crippen LogP contribution >= 0.6 is 0 Å². The average molecular weight is 256 g/mol. The molecule has 0 saturated carbocycles. The van der Waals surface area contributed by atoms with E-state index >= 15 is 0 Å². The maximum atomic E-state index is 12.5. The van der Waals surface area contributed by atoms with E-state index in [-0.39, 0.29) is 5.91 Å². The summed E-state index contributed by atoms with van der Waals surface area (Å²) in [4.78, 5) is 18.6. The lowest BCUT2D eigenvalue weighted by molar-refractivity contribution is 0.0484. The standard InChI is InChI=1S/C16H20N2O/c19-15(14-6-4-10-17-12-14)18-11-5-9-16(13-18)7-2-1-3-8-16/h1-2,4,6,10,12H,3,5,7-9,11,13H2. The minimum Gasteiger partial charge on any atom is -0.338 e. The lowest BCUT2D eigenvalue weighted by Gasteiger charge is -2.43. The predicted molar refractivity (Wildman–Crippen MR) is 74.8 cm³/mol. The first-order valence-corrected chi connectivity index (χ1v) is 7.13. The molecule has 3 rings (SSSR count). The van der Waals surface area contributed by atoms with Crippen LogP contribution < -0.4 is 0 Å². The monoisotopic (exact) mass is 256 g/mol. The van der Waals surface area contributed by atoms with Crippen molar-refractivity contribution in [2.24, 2.45) is 5.41 Å². The van der Waals surface area contributed by atoms with Crippen molar-refractivity contribution in [3.63, 3.8) is 0 Å². The molecule has 1 fully saturated rings. The van der Waals surface area contributed by atoms with E-state index in [0.29, 0.717) is 11.0 Å². The number of aromatic nitrogens is 1. The molecule has 2 aliphatic rings. The third-order valence-corrected chi connectivity index (χ3v) is 4.42. The number of carbonyl (C=O) groups is 1. The summed E-state index contributed by atoms with van der Waals surface area (Å²) in [6.07, 6.45) is 13.8. The molecule has 3 nitrogen and oxygen atoms in total. The number of hydrogen-bond donors (Lipinski definition) is 0. The average Bonchev–Trinajstić information content (AvgIpc) is 2.48. The van der Waals surface area contributed by atoms with Crippen LogP contribution in [-0.4, -0.2) is 28.9 Å². The van der Waals surface area contributed by atoms with Crippen molar-refractivity contribution < 1.29 is 4.79 Å². The van der Waals surface area contributed by atoms with Crippen molar-refractivity contribution in [3.8, 4) is 0 Å². The van der Waals surface area contributed by atoms with E-state index in [1.54, 1.807) is 12.4 Å². The number of allylic oxidation sites excluding steroid dienone is 2. The smallest absolute Gasteiger partial charge is 0.255 e. The van der Waals surface area contributed by atoms with E-state index in [4.69, 9.17) is 0 Å². The number of carbonyl (C=O) groups excluding carboxylic acids is 1. The molecule has 19 heavy (non-hydrogen) atoms. The Morgan fingerprint density at radius 2 is 2.26 bits per heavy atom. The summed E-state index contributed by atoms with van der Waals surface area (Å²) in [7, 11) is 0. The zero-order chi connectivity index (χ0) is 13.1. The van der Waals surface area contributed by atoms with Gasteiger partial charge in [0.05, 0.1) is 5.56 Å². The van der Waals surface area contributed by atoms with Crippen LogP contribution in [-0.2, 0) is 0 Å². The maximum Gasteiger partial charge on any atom is 0.255 e. The third kappa shape index (κ3) is 2.55. The molecule has 2 heterocycles. The van der Waals surface area contributed by atoms with Gasteiger partial charge in [0.25, 0.3) is 5.91 Å². The van der Waals surface area contributed by atoms with Crippen molar-refractivity contribution in [3.05, 3.63) is 42.2 Å². The molecule has 0 N–H and O–H groups in total. The van der Waals surface area contributed by atoms with Crippen LogP contribution in [0.25, 0.3) is 0 Å². The molecule has 1 amide bonds. The van der Waals surface area contributed by atoms with Gasteiger partial charge < -0.3 is 4.90 Å². The second-order valence-corrected chi connectivity index (χ2v) is 5.79. The van der Waals surface area contributed by atoms with E-state index in [2.05, 4.69) is 17.1 Å². The SMILES string of the molecule is O=C(c1cccnc1)N1CCCC2(CC=CCC2)C1. The Labute approximate surface area is 114 Å². The molecule has 1 unspecified atom stereocenters. The van der Waals surface area contributed by atoms with Gasteiger partial charge in [0.1, 0.15) is 0 Å². The molecular weight excluding hydrogens is 236 g/mol. The first-order valence-electron chi connectivity index (χ1n) is 7.13. The van der Waals surface area contributed by atoms with Crippen molar-refractivity contribution in [2.45, 2.75) is 32.1 Å². The highest BCUT2D eigenvalue weighted by Gasteiger charge is 2.36. The Balaban J connectivity index is 1.75. The Morgan fingerprint density at radius 3 is 3.00 bits per heavy atom. The van der Waals surface area contributed by atoms with E-state index < -0.39 is 0 Å². The first-order chi connectivity index (χ1) is 9.29. The number of nitrogens with zero attached hydrogens (tertiary/aromatic N) is 2. The largest absolute Gasteiger partial charge is 0.338 e. The highest BCUT2D eigenvalue weighted by atomic mass is 16.2. The molecule has 1 atom stereocenters. The zero-order valence-corrected chi connectivity index (χ0v) is 11.2. The van der Waals surface area contributed by atoms with Crippen LogP contribution in [0.15, 0.2) is 36.7 Å². The second-order valence-electron chi connectivity index (χ2n) is 5.79. The number of pyridine rings is 1. The number of hydrogen-bond acceptors (Lipinski definition) is 2. The second kappa shape index (κ2) is 5.16. The van der Waals surface area contributed by atoms with Crippen molar-refractivity contribution in [1.82, 2.24) is 9.88 Å². The predicted octanol–water partition coefficient (Wildman–Crippen LogP) is 3.04. The zero-order valence-electron chi connectivity index (χ0n) is 11.2.